The fourth-order valence-electron chi connectivity index (χ4n) is 4.35. The van der Waals surface area contributed by atoms with E-state index >= 15 is 0 Å². The van der Waals surface area contributed by atoms with Crippen molar-refractivity contribution >= 4 is 5.91 Å². The van der Waals surface area contributed by atoms with Crippen molar-refractivity contribution in [2.45, 2.75) is 24.8 Å². The highest BCUT2D eigenvalue weighted by atomic mass is 19.2. The summed E-state index contributed by atoms with van der Waals surface area (Å²) in [6, 6.07) is 11.4. The Bertz CT molecular complexity index is 1140. The molecule has 0 aliphatic carbocycles. The van der Waals surface area contributed by atoms with Crippen molar-refractivity contribution in [2.24, 2.45) is 7.05 Å². The van der Waals surface area contributed by atoms with E-state index in [-0.39, 0.29) is 17.9 Å². The Labute approximate surface area is 186 Å². The number of allylic oxidation sites excluding steroid dienone is 1. The maximum atomic E-state index is 13.8. The Morgan fingerprint density at radius 2 is 2.09 bits per heavy atom. The number of rotatable bonds is 6. The molecule has 1 amide bonds. The van der Waals surface area contributed by atoms with Crippen LogP contribution in [0.3, 0.4) is 0 Å². The molecule has 0 spiro atoms. The Kier molecular flexibility index (Phi) is 6.46. The minimum Gasteiger partial charge on any atom is -0.347 e. The number of piperidine rings is 1. The van der Waals surface area contributed by atoms with Crippen molar-refractivity contribution in [3.8, 4) is 11.3 Å². The third kappa shape index (κ3) is 4.48. The molecule has 2 N–H and O–H groups in total. The number of hydrogen-bond acceptors (Lipinski definition) is 3. The van der Waals surface area contributed by atoms with Crippen LogP contribution in [0.4, 0.5) is 8.78 Å². The average molecular weight is 437 g/mol. The number of hydrogen-bond donors (Lipinski definition) is 2. The van der Waals surface area contributed by atoms with Crippen LogP contribution in [0.25, 0.3) is 11.3 Å². The molecule has 3 aromatic rings. The lowest BCUT2D eigenvalue weighted by Gasteiger charge is -2.33. The van der Waals surface area contributed by atoms with Gasteiger partial charge < -0.3 is 10.6 Å². The quantitative estimate of drug-likeness (QED) is 0.575. The maximum absolute atomic E-state index is 13.8. The molecule has 1 fully saturated rings. The van der Waals surface area contributed by atoms with Gasteiger partial charge in [0.25, 0.3) is 5.91 Å². The molecule has 0 bridgehead atoms. The van der Waals surface area contributed by atoms with E-state index in [0.717, 1.165) is 35.9 Å². The highest BCUT2D eigenvalue weighted by molar-refractivity contribution is 5.96. The average Bonchev–Trinajstić information content (AvgIpc) is 3.22. The molecule has 2 heterocycles. The molecule has 0 unspecified atom stereocenters. The van der Waals surface area contributed by atoms with E-state index < -0.39 is 11.6 Å². The predicted octanol–water partition coefficient (Wildman–Crippen LogP) is 3.97. The maximum Gasteiger partial charge on any atom is 0.251 e. The second-order valence-electron chi connectivity index (χ2n) is 8.06. The number of aryl methyl sites for hydroxylation is 1. The monoisotopic (exact) mass is 436 g/mol. The number of amides is 1. The molecule has 7 heteroatoms. The van der Waals surface area contributed by atoms with Gasteiger partial charge in [0, 0.05) is 42.9 Å². The summed E-state index contributed by atoms with van der Waals surface area (Å²) in [6.07, 6.45) is 4.77. The number of nitrogens with zero attached hydrogens (tertiary/aromatic N) is 2. The van der Waals surface area contributed by atoms with Crippen LogP contribution in [0.2, 0.25) is 0 Å². The lowest BCUT2D eigenvalue weighted by Crippen LogP contribution is -2.50. The summed E-state index contributed by atoms with van der Waals surface area (Å²) in [5.74, 6) is -2.04. The van der Waals surface area contributed by atoms with Gasteiger partial charge in [0.2, 0.25) is 0 Å². The molecule has 166 valence electrons. The molecule has 5 nitrogen and oxygen atoms in total. The van der Waals surface area contributed by atoms with E-state index in [1.165, 1.54) is 6.07 Å². The minimum atomic E-state index is -0.870. The molecule has 2 aromatic carbocycles. The van der Waals surface area contributed by atoms with Crippen LogP contribution >= 0.6 is 0 Å². The van der Waals surface area contributed by atoms with Crippen LogP contribution in [0.1, 0.15) is 33.8 Å². The third-order valence-electron chi connectivity index (χ3n) is 6.00. The smallest absolute Gasteiger partial charge is 0.251 e. The molecule has 1 aromatic heterocycles. The molecule has 1 aliphatic heterocycles. The zero-order chi connectivity index (χ0) is 22.7. The van der Waals surface area contributed by atoms with Gasteiger partial charge in [0.15, 0.2) is 11.6 Å². The van der Waals surface area contributed by atoms with E-state index in [0.29, 0.717) is 24.1 Å². The molecule has 0 radical (unpaired) electrons. The van der Waals surface area contributed by atoms with Gasteiger partial charge in [-0.05, 0) is 60.8 Å². The molecule has 1 aliphatic rings. The van der Waals surface area contributed by atoms with Crippen molar-refractivity contribution in [3.05, 3.63) is 89.6 Å². The topological polar surface area (TPSA) is 59.0 Å². The van der Waals surface area contributed by atoms with E-state index in [4.69, 9.17) is 0 Å². The van der Waals surface area contributed by atoms with Crippen LogP contribution in [-0.4, -0.2) is 34.8 Å². The SMILES string of the molecule is C=CCc1cc(-c2ccnn2C)ccc1C(=O)N[C@@H]1CNCC[C@H]1c1ccc(F)c(F)c1. The standard InChI is InChI=1S/C25H26F2N4O/c1-3-4-16-13-18(24-10-12-29-31(24)2)5-7-20(16)25(32)30-23-15-28-11-9-19(23)17-6-8-21(26)22(27)14-17/h3,5-8,10,12-14,19,23,28H,1,4,9,11,15H2,2H3,(H,30,32)/t19-,23+/m0/s1. The molecule has 32 heavy (non-hydrogen) atoms. The van der Waals surface area contributed by atoms with Gasteiger partial charge in [0.05, 0.1) is 5.69 Å². The number of carbonyl (C=O) groups excluding carboxylic acids is 1. The number of aromatic nitrogens is 2. The first kappa shape index (κ1) is 21.9. The van der Waals surface area contributed by atoms with Gasteiger partial charge in [-0.3, -0.25) is 9.48 Å². The zero-order valence-electron chi connectivity index (χ0n) is 17.9. The zero-order valence-corrected chi connectivity index (χ0v) is 17.9. The van der Waals surface area contributed by atoms with E-state index in [1.54, 1.807) is 23.0 Å². The largest absolute Gasteiger partial charge is 0.347 e. The van der Waals surface area contributed by atoms with Crippen LogP contribution in [0, 0.1) is 11.6 Å². The molecule has 0 saturated carbocycles. The molecule has 1 saturated heterocycles. The first-order chi connectivity index (χ1) is 15.5. The lowest BCUT2D eigenvalue weighted by molar-refractivity contribution is 0.0923. The summed E-state index contributed by atoms with van der Waals surface area (Å²) in [7, 11) is 1.87. The number of nitrogens with one attached hydrogen (secondary N) is 2. The highest BCUT2D eigenvalue weighted by Gasteiger charge is 2.29. The lowest BCUT2D eigenvalue weighted by atomic mass is 9.85. The van der Waals surface area contributed by atoms with Crippen LogP contribution < -0.4 is 10.6 Å². The summed E-state index contributed by atoms with van der Waals surface area (Å²) in [5.41, 5.74) is 4.05. The summed E-state index contributed by atoms with van der Waals surface area (Å²) < 4.78 is 29.0. The summed E-state index contributed by atoms with van der Waals surface area (Å²) in [6.45, 7) is 5.13. The van der Waals surface area contributed by atoms with Crippen molar-refractivity contribution in [2.75, 3.05) is 13.1 Å². The van der Waals surface area contributed by atoms with Crippen molar-refractivity contribution in [1.82, 2.24) is 20.4 Å². The summed E-state index contributed by atoms with van der Waals surface area (Å²) in [4.78, 5) is 13.2. The normalized spacial score (nSPS) is 18.3. The van der Waals surface area contributed by atoms with Gasteiger partial charge in [-0.2, -0.15) is 5.10 Å². The van der Waals surface area contributed by atoms with E-state index in [9.17, 15) is 13.6 Å². The molecular weight excluding hydrogens is 410 g/mol. The van der Waals surface area contributed by atoms with Crippen molar-refractivity contribution < 1.29 is 13.6 Å². The van der Waals surface area contributed by atoms with Crippen molar-refractivity contribution in [3.63, 3.8) is 0 Å². The summed E-state index contributed by atoms with van der Waals surface area (Å²) in [5, 5.41) is 10.6. The molecule has 4 rings (SSSR count). The Balaban J connectivity index is 1.59. The Morgan fingerprint density at radius 1 is 1.25 bits per heavy atom. The molecule has 2 atom stereocenters. The minimum absolute atomic E-state index is 0.105. The van der Waals surface area contributed by atoms with Crippen LogP contribution in [0.15, 0.2) is 61.3 Å². The second-order valence-corrected chi connectivity index (χ2v) is 8.06. The number of halogens is 2. The fraction of sp³-hybridized carbons (Fsp3) is 0.280. The van der Waals surface area contributed by atoms with Crippen LogP contribution in [0.5, 0.6) is 0 Å². The highest BCUT2D eigenvalue weighted by Crippen LogP contribution is 2.28. The number of benzene rings is 2. The van der Waals surface area contributed by atoms with Gasteiger partial charge in [0.1, 0.15) is 0 Å². The Morgan fingerprint density at radius 3 is 2.81 bits per heavy atom. The number of carbonyl (C=O) groups is 1. The third-order valence-corrected chi connectivity index (χ3v) is 6.00. The van der Waals surface area contributed by atoms with Gasteiger partial charge in [-0.15, -0.1) is 6.58 Å². The van der Waals surface area contributed by atoms with E-state index in [1.807, 2.05) is 31.3 Å². The van der Waals surface area contributed by atoms with Gasteiger partial charge in [-0.1, -0.05) is 18.2 Å². The van der Waals surface area contributed by atoms with Crippen molar-refractivity contribution in [1.29, 1.82) is 0 Å². The van der Waals surface area contributed by atoms with Gasteiger partial charge >= 0.3 is 0 Å². The fourth-order valence-corrected chi connectivity index (χ4v) is 4.35. The second kappa shape index (κ2) is 9.44. The predicted molar refractivity (Wildman–Crippen MR) is 120 cm³/mol. The first-order valence-corrected chi connectivity index (χ1v) is 10.7. The Hall–Kier alpha value is -3.32. The van der Waals surface area contributed by atoms with Gasteiger partial charge in [-0.25, -0.2) is 8.78 Å². The van der Waals surface area contributed by atoms with Crippen LogP contribution in [-0.2, 0) is 13.5 Å². The first-order valence-electron chi connectivity index (χ1n) is 10.7. The van der Waals surface area contributed by atoms with E-state index in [2.05, 4.69) is 22.3 Å². The summed E-state index contributed by atoms with van der Waals surface area (Å²) >= 11 is 0. The molecular formula is C25H26F2N4O.